The normalized spacial score (nSPS) is 17.4. The van der Waals surface area contributed by atoms with Crippen LogP contribution in [0.1, 0.15) is 48.8 Å². The van der Waals surface area contributed by atoms with Gasteiger partial charge in [0, 0.05) is 0 Å². The molecular weight excluding hydrogens is 220 g/mol. The Hall–Kier alpha value is -1.08. The zero-order chi connectivity index (χ0) is 13.0. The molecule has 0 radical (unpaired) electrons. The van der Waals surface area contributed by atoms with Gasteiger partial charge in [-0.05, 0) is 57.9 Å². The summed E-state index contributed by atoms with van der Waals surface area (Å²) < 4.78 is 0. The topological polar surface area (TPSA) is 20.2 Å². The fourth-order valence-corrected chi connectivity index (χ4v) is 2.92. The van der Waals surface area contributed by atoms with Crippen LogP contribution in [0.2, 0.25) is 0 Å². The van der Waals surface area contributed by atoms with Crippen LogP contribution in [0.5, 0.6) is 0 Å². The summed E-state index contributed by atoms with van der Waals surface area (Å²) in [7, 11) is 0. The number of allylic oxidation sites excluding steroid dienone is 1. The van der Waals surface area contributed by atoms with Crippen LogP contribution in [0.4, 0.5) is 0 Å². The zero-order valence-electron chi connectivity index (χ0n) is 11.6. The van der Waals surface area contributed by atoms with Crippen LogP contribution in [0, 0.1) is 13.8 Å². The molecule has 1 aromatic rings. The fraction of sp³-hybridized carbons (Fsp3) is 0.529. The van der Waals surface area contributed by atoms with Crippen LogP contribution in [-0.4, -0.2) is 11.2 Å². The van der Waals surface area contributed by atoms with E-state index in [0.717, 1.165) is 12.8 Å². The molecule has 0 fully saturated rings. The van der Waals surface area contributed by atoms with E-state index in [9.17, 15) is 5.11 Å². The van der Waals surface area contributed by atoms with E-state index in [-0.39, 0.29) is 6.10 Å². The Bertz CT molecular complexity index is 411. The zero-order valence-corrected chi connectivity index (χ0v) is 11.6. The Kier molecular flexibility index (Phi) is 4.60. The molecule has 0 aliphatic heterocycles. The second-order valence-corrected chi connectivity index (χ2v) is 5.67. The molecule has 1 nitrogen and oxygen atoms in total. The molecule has 1 aliphatic carbocycles. The predicted octanol–water partition coefficient (Wildman–Crippen LogP) is 4.10. The summed E-state index contributed by atoms with van der Waals surface area (Å²) in [4.78, 5) is 0. The standard InChI is InChI=1S/C17H24O/c1-13-8-14(2)10-16(9-13)12-17(18)11-15-6-4-3-5-7-15/h6,8-10,17-18H,3-5,7,11-12H2,1-2H3. The third kappa shape index (κ3) is 3.99. The lowest BCUT2D eigenvalue weighted by molar-refractivity contribution is 0.173. The van der Waals surface area contributed by atoms with Gasteiger partial charge in [-0.15, -0.1) is 0 Å². The molecule has 2 rings (SSSR count). The van der Waals surface area contributed by atoms with Crippen molar-refractivity contribution >= 4 is 0 Å². The van der Waals surface area contributed by atoms with E-state index in [1.54, 1.807) is 0 Å². The van der Waals surface area contributed by atoms with Gasteiger partial charge in [-0.3, -0.25) is 0 Å². The third-order valence-electron chi connectivity index (χ3n) is 3.64. The number of rotatable bonds is 4. The van der Waals surface area contributed by atoms with E-state index in [4.69, 9.17) is 0 Å². The highest BCUT2D eigenvalue weighted by molar-refractivity contribution is 5.29. The van der Waals surface area contributed by atoms with Gasteiger partial charge in [0.1, 0.15) is 0 Å². The second kappa shape index (κ2) is 6.19. The van der Waals surface area contributed by atoms with Crippen molar-refractivity contribution in [2.45, 2.75) is 58.5 Å². The van der Waals surface area contributed by atoms with Crippen LogP contribution in [0.15, 0.2) is 29.8 Å². The molecule has 0 amide bonds. The molecule has 0 spiro atoms. The largest absolute Gasteiger partial charge is 0.392 e. The van der Waals surface area contributed by atoms with Crippen LogP contribution in [0.3, 0.4) is 0 Å². The Morgan fingerprint density at radius 2 is 1.78 bits per heavy atom. The van der Waals surface area contributed by atoms with Crippen LogP contribution in [0.25, 0.3) is 0 Å². The van der Waals surface area contributed by atoms with Crippen molar-refractivity contribution in [2.75, 3.05) is 0 Å². The predicted molar refractivity (Wildman–Crippen MR) is 76.8 cm³/mol. The lowest BCUT2D eigenvalue weighted by Gasteiger charge is -2.17. The van der Waals surface area contributed by atoms with E-state index in [1.165, 1.54) is 47.9 Å². The number of aliphatic hydroxyl groups excluding tert-OH is 1. The highest BCUT2D eigenvalue weighted by Crippen LogP contribution is 2.22. The Morgan fingerprint density at radius 3 is 2.39 bits per heavy atom. The summed E-state index contributed by atoms with van der Waals surface area (Å²) in [6, 6.07) is 6.55. The molecule has 0 heterocycles. The van der Waals surface area contributed by atoms with E-state index in [2.05, 4.69) is 38.1 Å². The van der Waals surface area contributed by atoms with E-state index < -0.39 is 0 Å². The average molecular weight is 244 g/mol. The molecule has 0 saturated heterocycles. The van der Waals surface area contributed by atoms with Crippen molar-refractivity contribution in [1.29, 1.82) is 0 Å². The quantitative estimate of drug-likeness (QED) is 0.791. The molecular formula is C17H24O. The molecule has 1 unspecified atom stereocenters. The highest BCUT2D eigenvalue weighted by Gasteiger charge is 2.11. The number of aliphatic hydroxyl groups is 1. The smallest absolute Gasteiger partial charge is 0.0617 e. The number of hydrogen-bond donors (Lipinski definition) is 1. The first-order valence-corrected chi connectivity index (χ1v) is 7.06. The maximum Gasteiger partial charge on any atom is 0.0617 e. The van der Waals surface area contributed by atoms with Crippen LogP contribution >= 0.6 is 0 Å². The molecule has 1 atom stereocenters. The van der Waals surface area contributed by atoms with E-state index >= 15 is 0 Å². The first kappa shape index (κ1) is 13.4. The van der Waals surface area contributed by atoms with Gasteiger partial charge in [0.25, 0.3) is 0 Å². The second-order valence-electron chi connectivity index (χ2n) is 5.67. The summed E-state index contributed by atoms with van der Waals surface area (Å²) in [6.45, 7) is 4.24. The maximum atomic E-state index is 10.2. The number of aryl methyl sites for hydroxylation is 2. The lowest BCUT2D eigenvalue weighted by atomic mass is 9.92. The summed E-state index contributed by atoms with van der Waals surface area (Å²) in [5, 5.41) is 10.2. The molecule has 98 valence electrons. The van der Waals surface area contributed by atoms with Gasteiger partial charge in [0.2, 0.25) is 0 Å². The molecule has 1 N–H and O–H groups in total. The summed E-state index contributed by atoms with van der Waals surface area (Å²) in [5.74, 6) is 0. The first-order valence-electron chi connectivity index (χ1n) is 7.06. The minimum absolute atomic E-state index is 0.226. The Morgan fingerprint density at radius 1 is 1.06 bits per heavy atom. The maximum absolute atomic E-state index is 10.2. The molecule has 18 heavy (non-hydrogen) atoms. The molecule has 0 aromatic heterocycles. The molecule has 0 bridgehead atoms. The Balaban J connectivity index is 1.93. The van der Waals surface area contributed by atoms with Crippen molar-refractivity contribution in [3.05, 3.63) is 46.5 Å². The lowest BCUT2D eigenvalue weighted by Crippen LogP contribution is -2.12. The van der Waals surface area contributed by atoms with Gasteiger partial charge >= 0.3 is 0 Å². The van der Waals surface area contributed by atoms with Crippen molar-refractivity contribution in [1.82, 2.24) is 0 Å². The monoisotopic (exact) mass is 244 g/mol. The number of hydrogen-bond acceptors (Lipinski definition) is 1. The molecule has 1 heteroatoms. The van der Waals surface area contributed by atoms with E-state index in [0.29, 0.717) is 0 Å². The van der Waals surface area contributed by atoms with Crippen molar-refractivity contribution < 1.29 is 5.11 Å². The molecule has 0 saturated carbocycles. The van der Waals surface area contributed by atoms with Crippen molar-refractivity contribution in [3.8, 4) is 0 Å². The van der Waals surface area contributed by atoms with Gasteiger partial charge in [0.05, 0.1) is 6.10 Å². The third-order valence-corrected chi connectivity index (χ3v) is 3.64. The number of benzene rings is 1. The Labute approximate surface area is 111 Å². The highest BCUT2D eigenvalue weighted by atomic mass is 16.3. The summed E-state index contributed by atoms with van der Waals surface area (Å²) in [6.07, 6.45) is 8.73. The minimum Gasteiger partial charge on any atom is -0.392 e. The molecule has 1 aromatic carbocycles. The van der Waals surface area contributed by atoms with Crippen molar-refractivity contribution in [2.24, 2.45) is 0 Å². The van der Waals surface area contributed by atoms with Gasteiger partial charge in [-0.1, -0.05) is 41.0 Å². The van der Waals surface area contributed by atoms with Gasteiger partial charge < -0.3 is 5.11 Å². The van der Waals surface area contributed by atoms with Gasteiger partial charge in [-0.25, -0.2) is 0 Å². The molecule has 1 aliphatic rings. The summed E-state index contributed by atoms with van der Waals surface area (Å²) >= 11 is 0. The van der Waals surface area contributed by atoms with Gasteiger partial charge in [0.15, 0.2) is 0 Å². The van der Waals surface area contributed by atoms with E-state index in [1.807, 2.05) is 0 Å². The first-order chi connectivity index (χ1) is 8.63. The minimum atomic E-state index is -0.226. The van der Waals surface area contributed by atoms with Crippen LogP contribution < -0.4 is 0 Å². The van der Waals surface area contributed by atoms with Gasteiger partial charge in [-0.2, -0.15) is 0 Å². The average Bonchev–Trinajstić information content (AvgIpc) is 2.28. The van der Waals surface area contributed by atoms with Crippen LogP contribution in [-0.2, 0) is 6.42 Å². The fourth-order valence-electron chi connectivity index (χ4n) is 2.92. The summed E-state index contributed by atoms with van der Waals surface area (Å²) in [5.41, 5.74) is 5.29. The SMILES string of the molecule is Cc1cc(C)cc(CC(O)CC2=CCCCC2)c1. The van der Waals surface area contributed by atoms with Crippen molar-refractivity contribution in [3.63, 3.8) is 0 Å².